The molecular formula is C18H28N6O2. The van der Waals surface area contributed by atoms with Gasteiger partial charge in [0, 0.05) is 44.8 Å². The van der Waals surface area contributed by atoms with Crippen molar-refractivity contribution >= 4 is 5.65 Å². The van der Waals surface area contributed by atoms with Crippen molar-refractivity contribution in [2.24, 2.45) is 0 Å². The van der Waals surface area contributed by atoms with Gasteiger partial charge in [0.15, 0.2) is 11.5 Å². The summed E-state index contributed by atoms with van der Waals surface area (Å²) in [7, 11) is 1.63. The van der Waals surface area contributed by atoms with E-state index in [1.165, 1.54) is 0 Å². The second-order valence-electron chi connectivity index (χ2n) is 7.13. The van der Waals surface area contributed by atoms with E-state index in [1.54, 1.807) is 7.11 Å². The van der Waals surface area contributed by atoms with Crippen molar-refractivity contribution in [3.05, 3.63) is 18.0 Å². The van der Waals surface area contributed by atoms with E-state index in [4.69, 9.17) is 9.47 Å². The lowest BCUT2D eigenvalue weighted by Gasteiger charge is -2.32. The van der Waals surface area contributed by atoms with Crippen LogP contribution in [-0.4, -0.2) is 89.2 Å². The molecule has 0 aromatic carbocycles. The van der Waals surface area contributed by atoms with Gasteiger partial charge in [0.2, 0.25) is 5.88 Å². The van der Waals surface area contributed by atoms with Crippen LogP contribution in [0.2, 0.25) is 0 Å². The van der Waals surface area contributed by atoms with Crippen LogP contribution >= 0.6 is 0 Å². The third-order valence-corrected chi connectivity index (χ3v) is 5.47. The van der Waals surface area contributed by atoms with Crippen molar-refractivity contribution in [1.29, 1.82) is 0 Å². The average Bonchev–Trinajstić information content (AvgIpc) is 2.93. The highest BCUT2D eigenvalue weighted by atomic mass is 16.5. The van der Waals surface area contributed by atoms with Gasteiger partial charge in [-0.1, -0.05) is 0 Å². The van der Waals surface area contributed by atoms with Gasteiger partial charge in [-0.2, -0.15) is 4.52 Å². The van der Waals surface area contributed by atoms with Crippen LogP contribution < -0.4 is 4.74 Å². The molecule has 2 fully saturated rings. The van der Waals surface area contributed by atoms with Gasteiger partial charge >= 0.3 is 0 Å². The summed E-state index contributed by atoms with van der Waals surface area (Å²) in [6.45, 7) is 8.50. The molecule has 26 heavy (non-hydrogen) atoms. The summed E-state index contributed by atoms with van der Waals surface area (Å²) in [6.07, 6.45) is 3.35. The molecular weight excluding hydrogens is 332 g/mol. The van der Waals surface area contributed by atoms with E-state index in [2.05, 4.69) is 25.1 Å². The predicted molar refractivity (Wildman–Crippen MR) is 97.6 cm³/mol. The zero-order valence-corrected chi connectivity index (χ0v) is 15.5. The van der Waals surface area contributed by atoms with Gasteiger partial charge in [0.1, 0.15) is 0 Å². The lowest BCUT2D eigenvalue weighted by Crippen LogP contribution is -2.40. The fourth-order valence-electron chi connectivity index (χ4n) is 3.87. The second-order valence-corrected chi connectivity index (χ2v) is 7.13. The standard InChI is InChI=1S/C18H28N6O2/c1-25-17-4-3-16-19-20-18(24(16)21-17)15-5-8-23(9-6-15)11-10-22-7-2-13-26-14-12-22/h3-4,15H,2,5-14H2,1H3. The van der Waals surface area contributed by atoms with Crippen LogP contribution in [-0.2, 0) is 4.74 Å². The molecule has 0 spiro atoms. The van der Waals surface area contributed by atoms with Crippen molar-refractivity contribution < 1.29 is 9.47 Å². The van der Waals surface area contributed by atoms with Crippen LogP contribution in [0.4, 0.5) is 0 Å². The maximum atomic E-state index is 5.54. The van der Waals surface area contributed by atoms with Crippen molar-refractivity contribution in [2.75, 3.05) is 59.6 Å². The summed E-state index contributed by atoms with van der Waals surface area (Å²) < 4.78 is 12.6. The summed E-state index contributed by atoms with van der Waals surface area (Å²) in [5.74, 6) is 1.97. The zero-order valence-electron chi connectivity index (χ0n) is 15.5. The first-order valence-corrected chi connectivity index (χ1v) is 9.62. The molecule has 0 N–H and O–H groups in total. The summed E-state index contributed by atoms with van der Waals surface area (Å²) in [5, 5.41) is 13.2. The fraction of sp³-hybridized carbons (Fsp3) is 0.722. The Morgan fingerprint density at radius 3 is 2.65 bits per heavy atom. The molecule has 142 valence electrons. The van der Waals surface area contributed by atoms with Gasteiger partial charge in [-0.15, -0.1) is 15.3 Å². The SMILES string of the molecule is COc1ccc2nnc(C3CCN(CCN4CCCOCC4)CC3)n2n1. The van der Waals surface area contributed by atoms with Crippen molar-refractivity contribution in [2.45, 2.75) is 25.2 Å². The van der Waals surface area contributed by atoms with E-state index in [-0.39, 0.29) is 0 Å². The Kier molecular flexibility index (Phi) is 5.62. The molecule has 8 nitrogen and oxygen atoms in total. The molecule has 0 radical (unpaired) electrons. The fourth-order valence-corrected chi connectivity index (χ4v) is 3.87. The van der Waals surface area contributed by atoms with Crippen LogP contribution in [0.15, 0.2) is 12.1 Å². The number of fused-ring (bicyclic) bond motifs is 1. The molecule has 2 aromatic rings. The lowest BCUT2D eigenvalue weighted by molar-refractivity contribution is 0.134. The van der Waals surface area contributed by atoms with Gasteiger partial charge in [-0.25, -0.2) is 0 Å². The van der Waals surface area contributed by atoms with Gasteiger partial charge in [-0.3, -0.25) is 4.90 Å². The zero-order chi connectivity index (χ0) is 17.8. The molecule has 0 unspecified atom stereocenters. The summed E-state index contributed by atoms with van der Waals surface area (Å²) >= 11 is 0. The molecule has 2 saturated heterocycles. The van der Waals surface area contributed by atoms with Gasteiger partial charge in [0.25, 0.3) is 0 Å². The maximum absolute atomic E-state index is 5.54. The van der Waals surface area contributed by atoms with Crippen LogP contribution in [0.25, 0.3) is 5.65 Å². The monoisotopic (exact) mass is 360 g/mol. The van der Waals surface area contributed by atoms with Crippen molar-refractivity contribution in [3.8, 4) is 5.88 Å². The number of ether oxygens (including phenoxy) is 2. The number of nitrogens with zero attached hydrogens (tertiary/aromatic N) is 6. The molecule has 4 rings (SSSR count). The Bertz CT molecular complexity index is 705. The average molecular weight is 360 g/mol. The molecule has 0 aliphatic carbocycles. The molecule has 0 atom stereocenters. The minimum atomic E-state index is 0.410. The minimum Gasteiger partial charge on any atom is -0.480 e. The van der Waals surface area contributed by atoms with E-state index in [1.807, 2.05) is 16.6 Å². The Labute approximate surface area is 154 Å². The number of rotatable bonds is 5. The number of likely N-dealkylation sites (tertiary alicyclic amines) is 1. The third-order valence-electron chi connectivity index (χ3n) is 5.47. The maximum Gasteiger partial charge on any atom is 0.231 e. The van der Waals surface area contributed by atoms with Crippen molar-refractivity contribution in [1.82, 2.24) is 29.6 Å². The summed E-state index contributed by atoms with van der Waals surface area (Å²) in [6, 6.07) is 3.73. The smallest absolute Gasteiger partial charge is 0.231 e. The topological polar surface area (TPSA) is 68.0 Å². The normalized spacial score (nSPS) is 21.1. The highest BCUT2D eigenvalue weighted by molar-refractivity contribution is 5.38. The Balaban J connectivity index is 1.32. The van der Waals surface area contributed by atoms with Crippen molar-refractivity contribution in [3.63, 3.8) is 0 Å². The predicted octanol–water partition coefficient (Wildman–Crippen LogP) is 1.03. The quantitative estimate of drug-likeness (QED) is 0.789. The third kappa shape index (κ3) is 3.97. The van der Waals surface area contributed by atoms with E-state index >= 15 is 0 Å². The number of piperidine rings is 1. The van der Waals surface area contributed by atoms with E-state index in [9.17, 15) is 0 Å². The molecule has 2 aliphatic rings. The number of hydrogen-bond acceptors (Lipinski definition) is 7. The lowest BCUT2D eigenvalue weighted by atomic mass is 9.96. The molecule has 2 aromatic heterocycles. The summed E-state index contributed by atoms with van der Waals surface area (Å²) in [5.41, 5.74) is 0.784. The Morgan fingerprint density at radius 2 is 1.85 bits per heavy atom. The van der Waals surface area contributed by atoms with E-state index in [0.717, 1.165) is 83.2 Å². The second kappa shape index (κ2) is 8.28. The van der Waals surface area contributed by atoms with Crippen LogP contribution in [0, 0.1) is 0 Å². The van der Waals surface area contributed by atoms with E-state index in [0.29, 0.717) is 11.8 Å². The molecule has 0 saturated carbocycles. The number of aromatic nitrogens is 4. The minimum absolute atomic E-state index is 0.410. The van der Waals surface area contributed by atoms with Crippen LogP contribution in [0.5, 0.6) is 5.88 Å². The van der Waals surface area contributed by atoms with Gasteiger partial charge in [-0.05, 0) is 38.4 Å². The van der Waals surface area contributed by atoms with Gasteiger partial charge < -0.3 is 14.4 Å². The largest absolute Gasteiger partial charge is 0.480 e. The molecule has 8 heteroatoms. The highest BCUT2D eigenvalue weighted by Gasteiger charge is 2.25. The highest BCUT2D eigenvalue weighted by Crippen LogP contribution is 2.27. The first kappa shape index (κ1) is 17.6. The van der Waals surface area contributed by atoms with Crippen LogP contribution in [0.3, 0.4) is 0 Å². The summed E-state index contributed by atoms with van der Waals surface area (Å²) in [4.78, 5) is 5.10. The first-order chi connectivity index (χ1) is 12.8. The molecule has 4 heterocycles. The molecule has 0 amide bonds. The number of hydrogen-bond donors (Lipinski definition) is 0. The van der Waals surface area contributed by atoms with Gasteiger partial charge in [0.05, 0.1) is 13.7 Å². The van der Waals surface area contributed by atoms with E-state index < -0.39 is 0 Å². The van der Waals surface area contributed by atoms with Crippen LogP contribution in [0.1, 0.15) is 31.0 Å². The molecule has 0 bridgehead atoms. The molecule has 2 aliphatic heterocycles. The Hall–Kier alpha value is -1.77. The Morgan fingerprint density at radius 1 is 1.04 bits per heavy atom. The first-order valence-electron chi connectivity index (χ1n) is 9.62. The number of methoxy groups -OCH3 is 1.